The van der Waals surface area contributed by atoms with Crippen LogP contribution >= 0.6 is 11.3 Å². The lowest BCUT2D eigenvalue weighted by Gasteiger charge is -2.52. The number of para-hydroxylation sites is 1. The quantitative estimate of drug-likeness (QED) is 0.148. The molecular weight excluding hydrogens is 867 g/mol. The first kappa shape index (κ1) is 41.2. The van der Waals surface area contributed by atoms with Crippen LogP contribution < -0.4 is 25.6 Å². The molecule has 0 saturated carbocycles. The summed E-state index contributed by atoms with van der Waals surface area (Å²) < 4.78 is 2.64. The molecule has 14 rings (SSSR count). The van der Waals surface area contributed by atoms with Crippen LogP contribution in [0.25, 0.3) is 42.4 Å². The smallest absolute Gasteiger partial charge is 0.182 e. The number of anilines is 3. The Morgan fingerprint density at radius 1 is 0.391 bits per heavy atom. The van der Waals surface area contributed by atoms with Gasteiger partial charge in [0, 0.05) is 31.3 Å². The monoisotopic (exact) mass is 921 g/mol. The highest BCUT2D eigenvalue weighted by Crippen LogP contribution is 2.64. The van der Waals surface area contributed by atoms with Gasteiger partial charge in [0.2, 0.25) is 0 Å². The van der Waals surface area contributed by atoms with E-state index < -0.39 is 13.5 Å². The molecule has 69 heavy (non-hydrogen) atoms. The van der Waals surface area contributed by atoms with Crippen molar-refractivity contribution in [2.24, 2.45) is 0 Å². The van der Waals surface area contributed by atoms with Gasteiger partial charge in [0.1, 0.15) is 0 Å². The van der Waals surface area contributed by atoms with E-state index in [2.05, 4.69) is 248 Å². The molecule has 3 aliphatic heterocycles. The van der Waals surface area contributed by atoms with Crippen LogP contribution in [-0.4, -0.2) is 8.07 Å². The molecule has 1 nitrogen and oxygen atoms in total. The van der Waals surface area contributed by atoms with Crippen LogP contribution in [0, 0.1) is 0 Å². The first-order chi connectivity index (χ1) is 33.2. The highest BCUT2D eigenvalue weighted by atomic mass is 32.1. The lowest BCUT2D eigenvalue weighted by Crippen LogP contribution is -2.71. The summed E-state index contributed by atoms with van der Waals surface area (Å²) in [6, 6.07) is 74.3. The average molecular weight is 922 g/mol. The van der Waals surface area contributed by atoms with Crippen molar-refractivity contribution in [3.05, 3.63) is 233 Å². The minimum absolute atomic E-state index is 0.000552. The van der Waals surface area contributed by atoms with Gasteiger partial charge in [-0.1, -0.05) is 207 Å². The molecule has 0 atom stereocenters. The Hall–Kier alpha value is -6.78. The number of hydrogen-bond acceptors (Lipinski definition) is 2. The van der Waals surface area contributed by atoms with Crippen molar-refractivity contribution in [2.75, 3.05) is 4.90 Å². The zero-order chi connectivity index (χ0) is 47.0. The van der Waals surface area contributed by atoms with Crippen molar-refractivity contribution in [1.82, 2.24) is 0 Å². The summed E-state index contributed by atoms with van der Waals surface area (Å²) in [5, 5.41) is 8.72. The predicted octanol–water partition coefficient (Wildman–Crippen LogP) is 14.8. The summed E-state index contributed by atoms with van der Waals surface area (Å²) >= 11 is 1.92. The molecule has 0 fully saturated rings. The fraction of sp³-hybridized carbons (Fsp3) is 0.182. The van der Waals surface area contributed by atoms with Crippen LogP contribution in [0.3, 0.4) is 0 Å². The van der Waals surface area contributed by atoms with Crippen LogP contribution in [0.15, 0.2) is 188 Å². The molecule has 334 valence electrons. The molecule has 0 saturated heterocycles. The van der Waals surface area contributed by atoms with E-state index in [0.717, 1.165) is 0 Å². The lowest BCUT2D eigenvalue weighted by molar-refractivity contribution is 0.557. The summed E-state index contributed by atoms with van der Waals surface area (Å²) in [5.41, 5.74) is 19.5. The Morgan fingerprint density at radius 3 is 1.54 bits per heavy atom. The summed E-state index contributed by atoms with van der Waals surface area (Å²) in [5.74, 6) is 0. The van der Waals surface area contributed by atoms with Crippen LogP contribution in [-0.2, 0) is 21.7 Å². The molecule has 2 spiro atoms. The van der Waals surface area contributed by atoms with E-state index in [1.54, 1.807) is 0 Å². The number of fused-ring (bicyclic) bond motifs is 21. The third-order valence-corrected chi connectivity index (χ3v) is 22.9. The fourth-order valence-electron chi connectivity index (χ4n) is 13.6. The summed E-state index contributed by atoms with van der Waals surface area (Å²) in [6.45, 7) is 19.1. The number of rotatable bonds is 1. The average Bonchev–Trinajstić information content (AvgIpc) is 3.97. The molecule has 4 heterocycles. The molecule has 0 bridgehead atoms. The van der Waals surface area contributed by atoms with Gasteiger partial charge in [-0.15, -0.1) is 11.3 Å². The molecule has 0 unspecified atom stereocenters. The van der Waals surface area contributed by atoms with E-state index in [4.69, 9.17) is 0 Å². The second-order valence-corrected chi connectivity index (χ2v) is 27.6. The van der Waals surface area contributed by atoms with Crippen molar-refractivity contribution in [2.45, 2.75) is 77.0 Å². The number of thiophene rings is 1. The van der Waals surface area contributed by atoms with Gasteiger partial charge in [-0.3, -0.25) is 0 Å². The highest BCUT2D eigenvalue weighted by molar-refractivity contribution is 7.26. The fourth-order valence-corrected chi connectivity index (χ4v) is 20.4. The predicted molar refractivity (Wildman–Crippen MR) is 297 cm³/mol. The Labute approximate surface area is 411 Å². The van der Waals surface area contributed by atoms with Gasteiger partial charge in [-0.25, -0.2) is 0 Å². The van der Waals surface area contributed by atoms with Crippen LogP contribution in [0.2, 0.25) is 0 Å². The van der Waals surface area contributed by atoms with E-state index in [1.165, 1.54) is 125 Å². The molecule has 10 aromatic rings. The second kappa shape index (κ2) is 13.7. The van der Waals surface area contributed by atoms with Crippen molar-refractivity contribution in [3.8, 4) is 22.3 Å². The standard InChI is InChI=1S/C66H55NSSi/c1-63(2,3)40-29-32-45-46-33-30-41(64(4,5)6)36-61(46)69(60(45)35-40)59-28-18-10-20-44(59)47-34-31-42(37-62(47)69)67-55-26-16-15-25-53(55)66(54-38-48-43-19-9-17-27-57(43)68-58(48)39-56(54)67)51-23-13-11-21-49(51)65(7,8)50-22-12-14-24-52(50)66/h9-39H,1-8H3. The number of nitrogens with zero attached hydrogens (tertiary/aromatic N) is 1. The third-order valence-electron chi connectivity index (χ3n) is 16.9. The van der Waals surface area contributed by atoms with Gasteiger partial charge in [0.05, 0.1) is 16.8 Å². The first-order valence-corrected chi connectivity index (χ1v) is 27.7. The van der Waals surface area contributed by atoms with Crippen molar-refractivity contribution < 1.29 is 0 Å². The number of benzene rings is 9. The molecule has 1 aromatic heterocycles. The van der Waals surface area contributed by atoms with E-state index in [-0.39, 0.29) is 16.2 Å². The Kier molecular flexibility index (Phi) is 8.19. The Morgan fingerprint density at radius 2 is 0.899 bits per heavy atom. The minimum Gasteiger partial charge on any atom is -0.310 e. The van der Waals surface area contributed by atoms with E-state index >= 15 is 0 Å². The van der Waals surface area contributed by atoms with Crippen LogP contribution in [0.5, 0.6) is 0 Å². The van der Waals surface area contributed by atoms with Crippen LogP contribution in [0.4, 0.5) is 17.1 Å². The van der Waals surface area contributed by atoms with E-state index in [9.17, 15) is 0 Å². The second-order valence-electron chi connectivity index (χ2n) is 22.8. The molecule has 3 heteroatoms. The molecule has 4 aliphatic rings. The molecule has 0 N–H and O–H groups in total. The minimum atomic E-state index is -2.89. The summed E-state index contributed by atoms with van der Waals surface area (Å²) in [7, 11) is -2.89. The number of hydrogen-bond donors (Lipinski definition) is 0. The Balaban J connectivity index is 1.11. The maximum absolute atomic E-state index is 2.89. The van der Waals surface area contributed by atoms with Crippen molar-refractivity contribution in [1.29, 1.82) is 0 Å². The zero-order valence-corrected chi connectivity index (χ0v) is 42.6. The van der Waals surface area contributed by atoms with Crippen LogP contribution in [0.1, 0.15) is 99.9 Å². The van der Waals surface area contributed by atoms with Gasteiger partial charge >= 0.3 is 0 Å². The summed E-state index contributed by atoms with van der Waals surface area (Å²) in [6.07, 6.45) is 0. The van der Waals surface area contributed by atoms with Gasteiger partial charge in [-0.05, 0) is 135 Å². The SMILES string of the molecule is CC(C)(C)c1ccc2c(c1)[Si]1(c3ccccc3-c3ccc(N4c5ccccc5C5(c6cc7c(cc64)sc4ccccc47)c4ccccc4C(C)(C)c4ccccc45)cc31)c1cc(C(C)(C)C)ccc1-2. The molecule has 9 aromatic carbocycles. The van der Waals surface area contributed by atoms with Crippen molar-refractivity contribution >= 4 is 77.4 Å². The van der Waals surface area contributed by atoms with Gasteiger partial charge in [0.25, 0.3) is 0 Å². The van der Waals surface area contributed by atoms with E-state index in [1.807, 2.05) is 11.3 Å². The maximum Gasteiger partial charge on any atom is 0.182 e. The maximum atomic E-state index is 2.66. The molecule has 0 radical (unpaired) electrons. The van der Waals surface area contributed by atoms with Gasteiger partial charge < -0.3 is 4.90 Å². The largest absolute Gasteiger partial charge is 0.310 e. The first-order valence-electron chi connectivity index (χ1n) is 24.8. The lowest BCUT2D eigenvalue weighted by atomic mass is 9.53. The Bertz CT molecular complexity index is 3760. The topological polar surface area (TPSA) is 3.24 Å². The van der Waals surface area contributed by atoms with Crippen molar-refractivity contribution in [3.63, 3.8) is 0 Å². The zero-order valence-electron chi connectivity index (χ0n) is 40.8. The summed E-state index contributed by atoms with van der Waals surface area (Å²) in [4.78, 5) is 2.66. The van der Waals surface area contributed by atoms with Gasteiger partial charge in [0.15, 0.2) is 8.07 Å². The molecule has 1 aliphatic carbocycles. The third kappa shape index (κ3) is 5.20. The molecular formula is C66H55NSSi. The van der Waals surface area contributed by atoms with Gasteiger partial charge in [-0.2, -0.15) is 0 Å². The highest BCUT2D eigenvalue weighted by Gasteiger charge is 2.56. The molecule has 0 amide bonds. The van der Waals surface area contributed by atoms with E-state index in [0.29, 0.717) is 0 Å². The normalized spacial score (nSPS) is 16.1.